The molecule has 3 aromatic rings. The van der Waals surface area contributed by atoms with Gasteiger partial charge in [0.25, 0.3) is 0 Å². The van der Waals surface area contributed by atoms with Crippen molar-refractivity contribution in [1.82, 2.24) is 0 Å². The van der Waals surface area contributed by atoms with E-state index in [-0.39, 0.29) is 17.3 Å². The zero-order valence-electron chi connectivity index (χ0n) is 13.9. The second-order valence-electron chi connectivity index (χ2n) is 5.62. The third-order valence-corrected chi connectivity index (χ3v) is 6.27. The lowest BCUT2D eigenvalue weighted by Crippen LogP contribution is -2.01. The number of Topliss-reactive ketones (excluding diaryl/α,β-unsaturated/α-hetero) is 1. The number of halogens is 2. The highest BCUT2D eigenvalue weighted by molar-refractivity contribution is 9.10. The number of phenolic OH excluding ortho intramolecular Hbond substituents is 2. The lowest BCUT2D eigenvalue weighted by atomic mass is 10.1. The van der Waals surface area contributed by atoms with Crippen LogP contribution in [0.3, 0.4) is 0 Å². The van der Waals surface area contributed by atoms with Gasteiger partial charge in [0.2, 0.25) is 0 Å². The fourth-order valence-corrected chi connectivity index (χ4v) is 4.06. The molecule has 0 radical (unpaired) electrons. The van der Waals surface area contributed by atoms with Crippen molar-refractivity contribution in [3.05, 3.63) is 91.7 Å². The molecule has 3 rings (SSSR count). The molecule has 0 aliphatic rings. The van der Waals surface area contributed by atoms with E-state index in [0.717, 1.165) is 13.8 Å². The highest BCUT2D eigenvalue weighted by Crippen LogP contribution is 2.37. The van der Waals surface area contributed by atoms with Crippen molar-refractivity contribution in [2.45, 2.75) is 4.90 Å². The van der Waals surface area contributed by atoms with Crippen molar-refractivity contribution in [2.75, 3.05) is 0 Å². The van der Waals surface area contributed by atoms with Crippen molar-refractivity contribution in [2.24, 2.45) is 0 Å². The van der Waals surface area contributed by atoms with Crippen LogP contribution in [-0.4, -0.2) is 16.0 Å². The molecule has 0 aliphatic heterocycles. The number of benzene rings is 3. The summed E-state index contributed by atoms with van der Waals surface area (Å²) in [6.45, 7) is 0. The highest BCUT2D eigenvalue weighted by Gasteiger charge is 2.16. The largest absolute Gasteiger partial charge is 0.508 e. The van der Waals surface area contributed by atoms with E-state index in [1.54, 1.807) is 24.3 Å². The average Bonchev–Trinajstić information content (AvgIpc) is 2.65. The number of allylic oxidation sites excluding steroid dienone is 1. The smallest absolute Gasteiger partial charge is 0.199 e. The fraction of sp³-hybridized carbons (Fsp3) is 0. The van der Waals surface area contributed by atoms with E-state index in [4.69, 9.17) is 0 Å². The molecule has 0 bridgehead atoms. The Labute approximate surface area is 178 Å². The van der Waals surface area contributed by atoms with Gasteiger partial charge in [-0.05, 0) is 70.5 Å². The average molecular weight is 506 g/mol. The van der Waals surface area contributed by atoms with E-state index in [0.29, 0.717) is 16.0 Å². The van der Waals surface area contributed by atoms with Gasteiger partial charge in [-0.1, -0.05) is 39.8 Å². The summed E-state index contributed by atoms with van der Waals surface area (Å²) in [5, 5.41) is 19.6. The molecule has 2 N–H and O–H groups in total. The number of thioether (sulfide) groups is 1. The van der Waals surface area contributed by atoms with Crippen molar-refractivity contribution < 1.29 is 15.0 Å². The summed E-state index contributed by atoms with van der Waals surface area (Å²) in [5.41, 5.74) is 0.995. The maximum atomic E-state index is 13.1. The maximum Gasteiger partial charge on any atom is 0.199 e. The molecule has 0 aromatic heterocycles. The normalized spacial score (nSPS) is 11.4. The Morgan fingerprint density at radius 1 is 0.926 bits per heavy atom. The molecule has 0 atom stereocenters. The number of hydrogen-bond acceptors (Lipinski definition) is 4. The Morgan fingerprint density at radius 3 is 2.30 bits per heavy atom. The van der Waals surface area contributed by atoms with Crippen molar-refractivity contribution in [3.8, 4) is 11.5 Å². The molecule has 0 aliphatic carbocycles. The summed E-state index contributed by atoms with van der Waals surface area (Å²) >= 11 is 8.18. The van der Waals surface area contributed by atoms with Crippen LogP contribution in [0.1, 0.15) is 15.9 Å². The standard InChI is InChI=1S/C21H14Br2O3S/c22-15-8-5-13(6-9-15)21(26)20(27-19-4-2-1-3-17(19)23)11-14-7-10-16(24)12-18(14)25/h1-12,24-25H/b20-11+. The van der Waals surface area contributed by atoms with Gasteiger partial charge in [0, 0.05) is 31.0 Å². The summed E-state index contributed by atoms with van der Waals surface area (Å²) in [6, 6.07) is 19.0. The van der Waals surface area contributed by atoms with E-state index in [2.05, 4.69) is 31.9 Å². The Morgan fingerprint density at radius 2 is 1.63 bits per heavy atom. The van der Waals surface area contributed by atoms with E-state index < -0.39 is 0 Å². The fourth-order valence-electron chi connectivity index (χ4n) is 2.33. The van der Waals surface area contributed by atoms with Crippen molar-refractivity contribution in [1.29, 1.82) is 0 Å². The Hall–Kier alpha value is -2.02. The number of carbonyl (C=O) groups is 1. The minimum atomic E-state index is -0.157. The van der Waals surface area contributed by atoms with E-state index in [1.807, 2.05) is 36.4 Å². The topological polar surface area (TPSA) is 57.5 Å². The first-order chi connectivity index (χ1) is 12.9. The molecule has 27 heavy (non-hydrogen) atoms. The van der Waals surface area contributed by atoms with Crippen LogP contribution in [-0.2, 0) is 0 Å². The van der Waals surface area contributed by atoms with E-state index >= 15 is 0 Å². The minimum absolute atomic E-state index is 0.0381. The van der Waals surface area contributed by atoms with Gasteiger partial charge in [0.15, 0.2) is 5.78 Å². The quantitative estimate of drug-likeness (QED) is 0.232. The molecule has 0 heterocycles. The molecule has 136 valence electrons. The molecule has 0 saturated heterocycles. The van der Waals surface area contributed by atoms with Crippen LogP contribution < -0.4 is 0 Å². The molecule has 3 aromatic carbocycles. The molecule has 0 fully saturated rings. The summed E-state index contributed by atoms with van der Waals surface area (Å²) in [7, 11) is 0. The van der Waals surface area contributed by atoms with Gasteiger partial charge in [-0.15, -0.1) is 0 Å². The van der Waals surface area contributed by atoms with Crippen LogP contribution in [0.15, 0.2) is 85.5 Å². The van der Waals surface area contributed by atoms with E-state index in [1.165, 1.54) is 23.9 Å². The van der Waals surface area contributed by atoms with Crippen LogP contribution in [0.2, 0.25) is 0 Å². The van der Waals surface area contributed by atoms with Gasteiger partial charge in [0.05, 0.1) is 4.91 Å². The molecular weight excluding hydrogens is 492 g/mol. The number of ketones is 1. The molecule has 6 heteroatoms. The first-order valence-corrected chi connectivity index (χ1v) is 10.3. The van der Waals surface area contributed by atoms with Gasteiger partial charge < -0.3 is 10.2 Å². The van der Waals surface area contributed by atoms with Gasteiger partial charge in [0.1, 0.15) is 11.5 Å². The summed E-state index contributed by atoms with van der Waals surface area (Å²) in [5.74, 6) is -0.288. The van der Waals surface area contributed by atoms with Gasteiger partial charge in [-0.2, -0.15) is 0 Å². The predicted molar refractivity (Wildman–Crippen MR) is 116 cm³/mol. The number of phenols is 2. The van der Waals surface area contributed by atoms with Crippen molar-refractivity contribution in [3.63, 3.8) is 0 Å². The lowest BCUT2D eigenvalue weighted by Gasteiger charge is -2.10. The molecular formula is C21H14Br2O3S. The monoisotopic (exact) mass is 504 g/mol. The zero-order chi connectivity index (χ0) is 19.4. The number of aromatic hydroxyl groups is 2. The SMILES string of the molecule is O=C(/C(=C\c1ccc(O)cc1O)Sc1ccccc1Br)c1ccc(Br)cc1. The third-order valence-electron chi connectivity index (χ3n) is 3.69. The molecule has 0 amide bonds. The summed E-state index contributed by atoms with van der Waals surface area (Å²) in [6.07, 6.45) is 1.63. The molecule has 0 spiro atoms. The van der Waals surface area contributed by atoms with Crippen LogP contribution in [0.25, 0.3) is 6.08 Å². The predicted octanol–water partition coefficient (Wildman–Crippen LogP) is 6.64. The lowest BCUT2D eigenvalue weighted by molar-refractivity contribution is 0.104. The zero-order valence-corrected chi connectivity index (χ0v) is 17.9. The van der Waals surface area contributed by atoms with Crippen LogP contribution in [0.5, 0.6) is 11.5 Å². The van der Waals surface area contributed by atoms with Gasteiger partial charge in [-0.25, -0.2) is 0 Å². The number of rotatable bonds is 5. The number of carbonyl (C=O) groups excluding carboxylic acids is 1. The second-order valence-corrected chi connectivity index (χ2v) is 8.47. The molecule has 0 saturated carbocycles. The highest BCUT2D eigenvalue weighted by atomic mass is 79.9. The van der Waals surface area contributed by atoms with Crippen LogP contribution in [0.4, 0.5) is 0 Å². The molecule has 0 unspecified atom stereocenters. The maximum absolute atomic E-state index is 13.1. The first-order valence-electron chi connectivity index (χ1n) is 7.90. The van der Waals surface area contributed by atoms with Gasteiger partial charge in [-0.3, -0.25) is 4.79 Å². The van der Waals surface area contributed by atoms with Crippen molar-refractivity contribution >= 4 is 55.5 Å². The molecule has 3 nitrogen and oxygen atoms in total. The minimum Gasteiger partial charge on any atom is -0.508 e. The first kappa shape index (κ1) is 19.7. The number of hydrogen-bond donors (Lipinski definition) is 2. The van der Waals surface area contributed by atoms with Gasteiger partial charge >= 0.3 is 0 Å². The summed E-state index contributed by atoms with van der Waals surface area (Å²) < 4.78 is 1.76. The van der Waals surface area contributed by atoms with Crippen LogP contribution in [0, 0.1) is 0 Å². The van der Waals surface area contributed by atoms with E-state index in [9.17, 15) is 15.0 Å². The Bertz CT molecular complexity index is 1010. The van der Waals surface area contributed by atoms with Crippen LogP contribution >= 0.6 is 43.6 Å². The Kier molecular flexibility index (Phi) is 6.42. The Balaban J connectivity index is 2.05. The second kappa shape index (κ2) is 8.78. The summed E-state index contributed by atoms with van der Waals surface area (Å²) in [4.78, 5) is 14.4. The third kappa shape index (κ3) is 5.03.